The van der Waals surface area contributed by atoms with Crippen molar-refractivity contribution in [3.8, 4) is 5.75 Å². The second-order valence-electron chi connectivity index (χ2n) is 4.59. The maximum absolute atomic E-state index is 6.02. The Bertz CT molecular complexity index is 311. The Morgan fingerprint density at radius 2 is 1.94 bits per heavy atom. The van der Waals surface area contributed by atoms with Gasteiger partial charge in [-0.1, -0.05) is 25.5 Å². The predicted molar refractivity (Wildman–Crippen MR) is 72.2 cm³/mol. The molecule has 0 bridgehead atoms. The second kappa shape index (κ2) is 7.30. The van der Waals surface area contributed by atoms with Crippen LogP contribution in [0.15, 0.2) is 24.3 Å². The van der Waals surface area contributed by atoms with Gasteiger partial charge in [0.15, 0.2) is 0 Å². The average molecular weight is 236 g/mol. The summed E-state index contributed by atoms with van der Waals surface area (Å²) in [7, 11) is 3.80. The van der Waals surface area contributed by atoms with Gasteiger partial charge in [0.1, 0.15) is 5.75 Å². The first-order chi connectivity index (χ1) is 8.15. The molecule has 0 saturated heterocycles. The summed E-state index contributed by atoms with van der Waals surface area (Å²) in [5.41, 5.74) is 7.31. The summed E-state index contributed by atoms with van der Waals surface area (Å²) in [6.07, 6.45) is 2.24. The number of ether oxygens (including phenoxy) is 1. The Morgan fingerprint density at radius 1 is 1.29 bits per heavy atom. The van der Waals surface area contributed by atoms with Crippen LogP contribution in [0, 0.1) is 0 Å². The van der Waals surface area contributed by atoms with Gasteiger partial charge in [0.05, 0.1) is 7.11 Å². The lowest BCUT2D eigenvalue weighted by Crippen LogP contribution is -2.34. The average Bonchev–Trinajstić information content (AvgIpc) is 2.30. The molecular formula is C14H24N2O. The summed E-state index contributed by atoms with van der Waals surface area (Å²) in [4.78, 5) is 2.27. The van der Waals surface area contributed by atoms with Crippen LogP contribution >= 0.6 is 0 Å². The normalized spacial score (nSPS) is 12.8. The fraction of sp³-hybridized carbons (Fsp3) is 0.571. The molecular weight excluding hydrogens is 212 g/mol. The van der Waals surface area contributed by atoms with Crippen LogP contribution in [0.4, 0.5) is 0 Å². The first kappa shape index (κ1) is 14.0. The molecule has 0 saturated carbocycles. The zero-order valence-corrected chi connectivity index (χ0v) is 11.1. The minimum atomic E-state index is 0.281. The smallest absolute Gasteiger partial charge is 0.118 e. The number of methoxy groups -OCH3 is 1. The van der Waals surface area contributed by atoms with Crippen molar-refractivity contribution in [1.29, 1.82) is 0 Å². The zero-order chi connectivity index (χ0) is 12.7. The SMILES string of the molecule is CCCC(N)CN(C)Cc1ccc(OC)cc1. The van der Waals surface area contributed by atoms with E-state index in [-0.39, 0.29) is 6.04 Å². The number of likely N-dealkylation sites (N-methyl/N-ethyl adjacent to an activating group) is 1. The van der Waals surface area contributed by atoms with Crippen LogP contribution in [-0.2, 0) is 6.54 Å². The molecule has 3 nitrogen and oxygen atoms in total. The van der Waals surface area contributed by atoms with E-state index in [0.717, 1.165) is 31.7 Å². The Labute approximate surface area is 105 Å². The topological polar surface area (TPSA) is 38.5 Å². The van der Waals surface area contributed by atoms with Crippen molar-refractivity contribution < 1.29 is 4.74 Å². The fourth-order valence-electron chi connectivity index (χ4n) is 1.97. The number of rotatable bonds is 7. The Morgan fingerprint density at radius 3 is 2.47 bits per heavy atom. The van der Waals surface area contributed by atoms with Gasteiger partial charge >= 0.3 is 0 Å². The molecule has 0 aliphatic carbocycles. The first-order valence-electron chi connectivity index (χ1n) is 6.22. The van der Waals surface area contributed by atoms with E-state index in [2.05, 4.69) is 31.0 Å². The molecule has 1 atom stereocenters. The van der Waals surface area contributed by atoms with Gasteiger partial charge in [0.2, 0.25) is 0 Å². The van der Waals surface area contributed by atoms with E-state index in [9.17, 15) is 0 Å². The second-order valence-corrected chi connectivity index (χ2v) is 4.59. The van der Waals surface area contributed by atoms with E-state index in [1.807, 2.05) is 12.1 Å². The van der Waals surface area contributed by atoms with Gasteiger partial charge in [-0.15, -0.1) is 0 Å². The zero-order valence-electron chi connectivity index (χ0n) is 11.1. The maximum atomic E-state index is 6.02. The fourth-order valence-corrected chi connectivity index (χ4v) is 1.97. The molecule has 0 aromatic heterocycles. The molecule has 2 N–H and O–H groups in total. The highest BCUT2D eigenvalue weighted by molar-refractivity contribution is 5.27. The number of benzene rings is 1. The quantitative estimate of drug-likeness (QED) is 0.789. The third-order valence-corrected chi connectivity index (χ3v) is 2.82. The van der Waals surface area contributed by atoms with Gasteiger partial charge in [0, 0.05) is 19.1 Å². The maximum Gasteiger partial charge on any atom is 0.118 e. The standard InChI is InChI=1S/C14H24N2O/c1-4-5-13(15)11-16(2)10-12-6-8-14(17-3)9-7-12/h6-9,13H,4-5,10-11,15H2,1-3H3. The minimum absolute atomic E-state index is 0.281. The van der Waals surface area contributed by atoms with Crippen LogP contribution < -0.4 is 10.5 Å². The first-order valence-corrected chi connectivity index (χ1v) is 6.22. The summed E-state index contributed by atoms with van der Waals surface area (Å²) >= 11 is 0. The van der Waals surface area contributed by atoms with Gasteiger partial charge in [-0.3, -0.25) is 0 Å². The number of nitrogens with zero attached hydrogens (tertiary/aromatic N) is 1. The molecule has 0 spiro atoms. The highest BCUT2D eigenvalue weighted by atomic mass is 16.5. The van der Waals surface area contributed by atoms with Crippen molar-refractivity contribution in [1.82, 2.24) is 4.90 Å². The van der Waals surface area contributed by atoms with Crippen molar-refractivity contribution in [2.75, 3.05) is 20.7 Å². The molecule has 3 heteroatoms. The molecule has 0 fully saturated rings. The Hall–Kier alpha value is -1.06. The van der Waals surface area contributed by atoms with E-state index in [1.165, 1.54) is 5.56 Å². The van der Waals surface area contributed by atoms with E-state index >= 15 is 0 Å². The van der Waals surface area contributed by atoms with Gasteiger partial charge in [-0.05, 0) is 31.2 Å². The van der Waals surface area contributed by atoms with Crippen LogP contribution in [0.5, 0.6) is 5.75 Å². The van der Waals surface area contributed by atoms with Crippen LogP contribution in [0.3, 0.4) is 0 Å². The van der Waals surface area contributed by atoms with E-state index in [1.54, 1.807) is 7.11 Å². The van der Waals surface area contributed by atoms with Crippen molar-refractivity contribution in [2.45, 2.75) is 32.4 Å². The predicted octanol–water partition coefficient (Wildman–Crippen LogP) is 2.25. The van der Waals surface area contributed by atoms with Gasteiger partial charge in [-0.2, -0.15) is 0 Å². The molecule has 96 valence electrons. The molecule has 0 amide bonds. The highest BCUT2D eigenvalue weighted by Gasteiger charge is 2.06. The number of hydrogen-bond acceptors (Lipinski definition) is 3. The molecule has 0 heterocycles. The summed E-state index contributed by atoms with van der Waals surface area (Å²) in [5, 5.41) is 0. The van der Waals surface area contributed by atoms with Gasteiger partial charge in [-0.25, -0.2) is 0 Å². The summed E-state index contributed by atoms with van der Waals surface area (Å²) in [5.74, 6) is 0.902. The van der Waals surface area contributed by atoms with Gasteiger partial charge < -0.3 is 15.4 Å². The van der Waals surface area contributed by atoms with Crippen LogP contribution in [-0.4, -0.2) is 31.6 Å². The van der Waals surface area contributed by atoms with E-state index in [4.69, 9.17) is 10.5 Å². The molecule has 0 aliphatic rings. The monoisotopic (exact) mass is 236 g/mol. The van der Waals surface area contributed by atoms with Crippen molar-refractivity contribution in [3.63, 3.8) is 0 Å². The minimum Gasteiger partial charge on any atom is -0.497 e. The molecule has 1 aromatic rings. The Balaban J connectivity index is 2.41. The molecule has 1 aromatic carbocycles. The molecule has 1 unspecified atom stereocenters. The lowest BCUT2D eigenvalue weighted by molar-refractivity contribution is 0.297. The van der Waals surface area contributed by atoms with Crippen molar-refractivity contribution >= 4 is 0 Å². The lowest BCUT2D eigenvalue weighted by Gasteiger charge is -2.21. The van der Waals surface area contributed by atoms with Crippen LogP contribution in [0.25, 0.3) is 0 Å². The lowest BCUT2D eigenvalue weighted by atomic mass is 10.1. The molecule has 1 rings (SSSR count). The van der Waals surface area contributed by atoms with Gasteiger partial charge in [0.25, 0.3) is 0 Å². The summed E-state index contributed by atoms with van der Waals surface area (Å²) < 4.78 is 5.14. The van der Waals surface area contributed by atoms with E-state index < -0.39 is 0 Å². The summed E-state index contributed by atoms with van der Waals surface area (Å²) in [6, 6.07) is 8.47. The molecule has 0 radical (unpaired) electrons. The van der Waals surface area contributed by atoms with Crippen molar-refractivity contribution in [2.24, 2.45) is 5.73 Å². The molecule has 0 aliphatic heterocycles. The van der Waals surface area contributed by atoms with Crippen LogP contribution in [0.1, 0.15) is 25.3 Å². The number of hydrogen-bond donors (Lipinski definition) is 1. The van der Waals surface area contributed by atoms with Crippen LogP contribution in [0.2, 0.25) is 0 Å². The van der Waals surface area contributed by atoms with E-state index in [0.29, 0.717) is 0 Å². The highest BCUT2D eigenvalue weighted by Crippen LogP contribution is 2.12. The largest absolute Gasteiger partial charge is 0.497 e. The van der Waals surface area contributed by atoms with Crippen molar-refractivity contribution in [3.05, 3.63) is 29.8 Å². The number of nitrogens with two attached hydrogens (primary N) is 1. The Kier molecular flexibility index (Phi) is 6.01. The summed E-state index contributed by atoms with van der Waals surface area (Å²) in [6.45, 7) is 4.05. The third-order valence-electron chi connectivity index (χ3n) is 2.82. The molecule has 17 heavy (non-hydrogen) atoms. The third kappa shape index (κ3) is 5.20.